The molecule has 0 aromatic carbocycles. The quantitative estimate of drug-likeness (QED) is 0.832. The Morgan fingerprint density at radius 3 is 2.44 bits per heavy atom. The van der Waals surface area contributed by atoms with Gasteiger partial charge in [-0.3, -0.25) is 0 Å². The summed E-state index contributed by atoms with van der Waals surface area (Å²) in [6.07, 6.45) is 8.92. The number of nitrogens with one attached hydrogen (secondary N) is 1. The zero-order valence-corrected chi connectivity index (χ0v) is 15.2. The van der Waals surface area contributed by atoms with Crippen molar-refractivity contribution < 1.29 is 14.3 Å². The first-order valence-corrected chi connectivity index (χ1v) is 9.38. The van der Waals surface area contributed by atoms with Gasteiger partial charge in [-0.25, -0.2) is 19.4 Å². The summed E-state index contributed by atoms with van der Waals surface area (Å²) in [5.74, 6) is 0.640. The molecule has 4 heterocycles. The van der Waals surface area contributed by atoms with Crippen LogP contribution in [0.1, 0.15) is 25.7 Å². The molecule has 4 rings (SSSR count). The fraction of sp³-hybridized carbons (Fsp3) is 0.556. The topological polar surface area (TPSA) is 94.4 Å². The molecule has 2 saturated heterocycles. The molecule has 0 aliphatic carbocycles. The van der Waals surface area contributed by atoms with E-state index >= 15 is 0 Å². The summed E-state index contributed by atoms with van der Waals surface area (Å²) in [6.45, 7) is 2.70. The van der Waals surface area contributed by atoms with Gasteiger partial charge in [-0.05, 0) is 37.8 Å². The minimum atomic E-state index is -0.156. The van der Waals surface area contributed by atoms with E-state index in [-0.39, 0.29) is 18.2 Å². The monoisotopic (exact) mass is 372 g/mol. The van der Waals surface area contributed by atoms with Gasteiger partial charge < -0.3 is 19.7 Å². The number of nitrogens with zero attached hydrogens (tertiary/aromatic N) is 5. The average Bonchev–Trinajstić information content (AvgIpc) is 3.45. The molecule has 2 amide bonds. The molecule has 2 aromatic rings. The van der Waals surface area contributed by atoms with Crippen molar-refractivity contribution in [3.05, 3.63) is 31.0 Å². The van der Waals surface area contributed by atoms with Crippen molar-refractivity contribution >= 4 is 11.7 Å². The van der Waals surface area contributed by atoms with E-state index in [9.17, 15) is 4.79 Å². The summed E-state index contributed by atoms with van der Waals surface area (Å²) >= 11 is 0. The lowest BCUT2D eigenvalue weighted by molar-refractivity contribution is 0.0524. The number of rotatable bonds is 6. The van der Waals surface area contributed by atoms with Gasteiger partial charge in [0.25, 0.3) is 0 Å². The summed E-state index contributed by atoms with van der Waals surface area (Å²) in [7, 11) is 0. The Balaban J connectivity index is 1.40. The summed E-state index contributed by atoms with van der Waals surface area (Å²) in [4.78, 5) is 22.9. The maximum absolute atomic E-state index is 12.9. The van der Waals surface area contributed by atoms with E-state index in [0.717, 1.165) is 38.9 Å². The molecular weight excluding hydrogens is 348 g/mol. The van der Waals surface area contributed by atoms with Crippen molar-refractivity contribution in [2.75, 3.05) is 31.6 Å². The van der Waals surface area contributed by atoms with E-state index in [0.29, 0.717) is 24.6 Å². The van der Waals surface area contributed by atoms with Gasteiger partial charge in [0.05, 0.1) is 24.1 Å². The molecule has 2 atom stereocenters. The van der Waals surface area contributed by atoms with Crippen molar-refractivity contribution in [1.82, 2.24) is 24.6 Å². The second kappa shape index (κ2) is 8.45. The van der Waals surface area contributed by atoms with Crippen LogP contribution in [0.15, 0.2) is 31.0 Å². The number of carbonyl (C=O) groups is 1. The summed E-state index contributed by atoms with van der Waals surface area (Å²) in [5, 5.41) is 6.97. The van der Waals surface area contributed by atoms with Gasteiger partial charge in [-0.15, -0.1) is 0 Å². The number of carbonyl (C=O) groups excluding carboxylic acids is 1. The van der Waals surface area contributed by atoms with Crippen LogP contribution in [0.2, 0.25) is 0 Å². The van der Waals surface area contributed by atoms with Gasteiger partial charge in [0, 0.05) is 26.3 Å². The van der Waals surface area contributed by atoms with Crippen LogP contribution in [0.4, 0.5) is 10.5 Å². The molecule has 0 radical (unpaired) electrons. The van der Waals surface area contributed by atoms with Gasteiger partial charge in [0.1, 0.15) is 12.7 Å². The molecule has 1 N–H and O–H groups in total. The molecule has 0 spiro atoms. The first-order valence-electron chi connectivity index (χ1n) is 9.38. The Hall–Kier alpha value is -2.52. The number of urea groups is 1. The predicted octanol–water partition coefficient (Wildman–Crippen LogP) is 1.85. The van der Waals surface area contributed by atoms with Gasteiger partial charge in [0.2, 0.25) is 0 Å². The third-order valence-corrected chi connectivity index (χ3v) is 4.84. The lowest BCUT2D eigenvalue weighted by Gasteiger charge is -2.28. The van der Waals surface area contributed by atoms with Crippen LogP contribution in [0, 0.1) is 0 Å². The lowest BCUT2D eigenvalue weighted by atomic mass is 10.2. The first-order chi connectivity index (χ1) is 13.3. The normalized spacial score (nSPS) is 22.1. The second-order valence-corrected chi connectivity index (χ2v) is 6.85. The standard InChI is InChI=1S/C18H24N6O3/c25-18(22-14-5-6-17(20-9-14)24-13-19-12-21-24)23(10-15-3-1-7-26-15)11-16-4-2-8-27-16/h5-6,9,12-13,15-16H,1-4,7-8,10-11H2,(H,22,25)/t15-,16+. The van der Waals surface area contributed by atoms with Gasteiger partial charge in [-0.1, -0.05) is 0 Å². The second-order valence-electron chi connectivity index (χ2n) is 6.85. The fourth-order valence-corrected chi connectivity index (χ4v) is 3.43. The predicted molar refractivity (Wildman–Crippen MR) is 97.7 cm³/mol. The van der Waals surface area contributed by atoms with Crippen LogP contribution >= 0.6 is 0 Å². The summed E-state index contributed by atoms with van der Waals surface area (Å²) in [6, 6.07) is 3.43. The Morgan fingerprint density at radius 2 is 1.93 bits per heavy atom. The van der Waals surface area contributed by atoms with Crippen LogP contribution in [0.3, 0.4) is 0 Å². The van der Waals surface area contributed by atoms with Crippen molar-refractivity contribution in [2.24, 2.45) is 0 Å². The molecule has 9 nitrogen and oxygen atoms in total. The van der Waals surface area contributed by atoms with Crippen LogP contribution in [0.5, 0.6) is 0 Å². The van der Waals surface area contributed by atoms with E-state index in [1.165, 1.54) is 6.33 Å². The van der Waals surface area contributed by atoms with E-state index in [2.05, 4.69) is 20.4 Å². The highest BCUT2D eigenvalue weighted by molar-refractivity contribution is 5.89. The maximum Gasteiger partial charge on any atom is 0.322 e. The lowest BCUT2D eigenvalue weighted by Crippen LogP contribution is -2.44. The first kappa shape index (κ1) is 17.9. The smallest absolute Gasteiger partial charge is 0.322 e. The molecule has 9 heteroatoms. The molecule has 2 aliphatic heterocycles. The molecule has 0 saturated carbocycles. The Bertz CT molecular complexity index is 706. The van der Waals surface area contributed by atoms with E-state index in [1.54, 1.807) is 34.2 Å². The number of hydrogen-bond acceptors (Lipinski definition) is 6. The Kier molecular flexibility index (Phi) is 5.59. The van der Waals surface area contributed by atoms with Gasteiger partial charge >= 0.3 is 6.03 Å². The highest BCUT2D eigenvalue weighted by Crippen LogP contribution is 2.18. The SMILES string of the molecule is O=C(Nc1ccc(-n2cncn2)nc1)N(C[C@H]1CCCO1)C[C@@H]1CCCO1. The third-order valence-electron chi connectivity index (χ3n) is 4.84. The van der Waals surface area contributed by atoms with Crippen LogP contribution in [-0.4, -0.2) is 69.2 Å². The molecule has 27 heavy (non-hydrogen) atoms. The average molecular weight is 372 g/mol. The zero-order chi connectivity index (χ0) is 18.5. The van der Waals surface area contributed by atoms with Gasteiger partial charge in [0.15, 0.2) is 5.82 Å². The number of aromatic nitrogens is 4. The van der Waals surface area contributed by atoms with Gasteiger partial charge in [-0.2, -0.15) is 5.10 Å². The molecule has 2 aliphatic rings. The zero-order valence-electron chi connectivity index (χ0n) is 15.2. The summed E-state index contributed by atoms with van der Waals surface area (Å²) < 4.78 is 13.0. The van der Waals surface area contributed by atoms with E-state index in [1.807, 2.05) is 0 Å². The molecule has 0 bridgehead atoms. The van der Waals surface area contributed by atoms with E-state index in [4.69, 9.17) is 9.47 Å². The number of hydrogen-bond donors (Lipinski definition) is 1. The van der Waals surface area contributed by atoms with Crippen molar-refractivity contribution in [1.29, 1.82) is 0 Å². The Morgan fingerprint density at radius 1 is 1.19 bits per heavy atom. The number of ether oxygens (including phenoxy) is 2. The van der Waals surface area contributed by atoms with Crippen LogP contribution < -0.4 is 5.32 Å². The highest BCUT2D eigenvalue weighted by Gasteiger charge is 2.27. The number of anilines is 1. The van der Waals surface area contributed by atoms with Crippen molar-refractivity contribution in [3.63, 3.8) is 0 Å². The van der Waals surface area contributed by atoms with Crippen LogP contribution in [0.25, 0.3) is 5.82 Å². The summed E-state index contributed by atoms with van der Waals surface area (Å²) in [5.41, 5.74) is 0.633. The van der Waals surface area contributed by atoms with Crippen molar-refractivity contribution in [2.45, 2.75) is 37.9 Å². The molecule has 144 valence electrons. The molecular formula is C18H24N6O3. The minimum absolute atomic E-state index is 0.102. The number of amides is 2. The largest absolute Gasteiger partial charge is 0.376 e. The van der Waals surface area contributed by atoms with E-state index < -0.39 is 0 Å². The Labute approximate surface area is 157 Å². The minimum Gasteiger partial charge on any atom is -0.376 e. The fourth-order valence-electron chi connectivity index (χ4n) is 3.43. The molecule has 2 aromatic heterocycles. The highest BCUT2D eigenvalue weighted by atomic mass is 16.5. The maximum atomic E-state index is 12.9. The van der Waals surface area contributed by atoms with Crippen molar-refractivity contribution in [3.8, 4) is 5.82 Å². The number of pyridine rings is 1. The molecule has 0 unspecified atom stereocenters. The van der Waals surface area contributed by atoms with Crippen LogP contribution in [-0.2, 0) is 9.47 Å². The molecule has 2 fully saturated rings. The third kappa shape index (κ3) is 4.61.